The highest BCUT2D eigenvalue weighted by Gasteiger charge is 2.31. The normalized spacial score (nSPS) is 13.9. The first-order valence-electron chi connectivity index (χ1n) is 12.9. The van der Waals surface area contributed by atoms with E-state index in [-0.39, 0.29) is 26.4 Å². The summed E-state index contributed by atoms with van der Waals surface area (Å²) in [4.78, 5) is 0. The van der Waals surface area contributed by atoms with Crippen LogP contribution in [0.2, 0.25) is 0 Å². The van der Waals surface area contributed by atoms with Crippen LogP contribution < -0.4 is 0 Å². The van der Waals surface area contributed by atoms with Crippen LogP contribution >= 0.6 is 12.6 Å². The van der Waals surface area contributed by atoms with Gasteiger partial charge >= 0.3 is 0 Å². The van der Waals surface area contributed by atoms with E-state index in [1.54, 1.807) is 0 Å². The largest absolute Gasteiger partial charge is 0.507 e. The van der Waals surface area contributed by atoms with Crippen molar-refractivity contribution in [3.8, 4) is 11.5 Å². The van der Waals surface area contributed by atoms with Gasteiger partial charge in [0.1, 0.15) is 11.5 Å². The summed E-state index contributed by atoms with van der Waals surface area (Å²) in [6.45, 7) is 28.0. The molecule has 2 N–H and O–H groups in total. The third-order valence-electron chi connectivity index (χ3n) is 6.74. The van der Waals surface area contributed by atoms with Crippen molar-refractivity contribution in [3.05, 3.63) is 57.6 Å². The van der Waals surface area contributed by atoms with E-state index < -0.39 is 0 Å². The molecule has 0 amide bonds. The van der Waals surface area contributed by atoms with Crippen LogP contribution in [0.1, 0.15) is 123 Å². The van der Waals surface area contributed by atoms with Crippen molar-refractivity contribution in [2.24, 2.45) is 0 Å². The highest BCUT2D eigenvalue weighted by atomic mass is 32.1. The first kappa shape index (κ1) is 29.6. The molecule has 0 bridgehead atoms. The molecule has 2 rings (SSSR count). The van der Waals surface area contributed by atoms with Crippen molar-refractivity contribution < 1.29 is 10.2 Å². The minimum absolute atomic E-state index is 0.159. The van der Waals surface area contributed by atoms with E-state index in [0.717, 1.165) is 35.1 Å². The Kier molecular flexibility index (Phi) is 7.92. The van der Waals surface area contributed by atoms with Gasteiger partial charge in [-0.15, -0.1) is 0 Å². The lowest BCUT2D eigenvalue weighted by Gasteiger charge is -2.32. The monoisotopic (exact) mass is 498 g/mol. The number of benzene rings is 2. The molecule has 0 saturated carbocycles. The smallest absolute Gasteiger partial charge is 0.123 e. The van der Waals surface area contributed by atoms with Crippen LogP contribution in [0.5, 0.6) is 11.5 Å². The minimum Gasteiger partial charge on any atom is -0.507 e. The Labute approximate surface area is 221 Å². The summed E-state index contributed by atoms with van der Waals surface area (Å²) in [5.41, 5.74) is 5.69. The van der Waals surface area contributed by atoms with Crippen molar-refractivity contribution in [2.75, 3.05) is 0 Å². The van der Waals surface area contributed by atoms with Crippen LogP contribution in [0.4, 0.5) is 0 Å². The first-order chi connectivity index (χ1) is 15.4. The van der Waals surface area contributed by atoms with Crippen molar-refractivity contribution >= 4 is 12.6 Å². The van der Waals surface area contributed by atoms with Gasteiger partial charge < -0.3 is 10.2 Å². The van der Waals surface area contributed by atoms with Gasteiger partial charge in [0.2, 0.25) is 0 Å². The summed E-state index contributed by atoms with van der Waals surface area (Å²) in [5.74, 6) is 0.829. The number of phenolic OH excluding ortho intramolecular Hbond substituents is 2. The van der Waals surface area contributed by atoms with Gasteiger partial charge in [-0.3, -0.25) is 0 Å². The summed E-state index contributed by atoms with van der Waals surface area (Å²) in [6.07, 6.45) is 1.55. The van der Waals surface area contributed by atoms with E-state index in [1.165, 1.54) is 11.1 Å². The van der Waals surface area contributed by atoms with Gasteiger partial charge in [0.15, 0.2) is 0 Å². The second-order valence-corrected chi connectivity index (χ2v) is 16.0. The third-order valence-corrected chi connectivity index (χ3v) is 7.06. The second-order valence-electron chi connectivity index (χ2n) is 14.9. The van der Waals surface area contributed by atoms with Gasteiger partial charge in [-0.2, -0.15) is 12.6 Å². The molecule has 2 aromatic carbocycles. The van der Waals surface area contributed by atoms with Crippen LogP contribution in [0.15, 0.2) is 24.3 Å². The van der Waals surface area contributed by atoms with Gasteiger partial charge in [-0.25, -0.2) is 0 Å². The molecule has 35 heavy (non-hydrogen) atoms. The molecular weight excluding hydrogens is 448 g/mol. The quantitative estimate of drug-likeness (QED) is 0.369. The molecule has 2 aromatic rings. The Bertz CT molecular complexity index is 909. The van der Waals surface area contributed by atoms with Gasteiger partial charge in [0, 0.05) is 4.75 Å². The zero-order chi connectivity index (χ0) is 27.4. The SMILES string of the molecule is CC(S)(Cc1cc(C(C)(C)C)c(O)c(C(C)(C)C)c1)Cc1cc(C(C)(C)C)c(O)c(C(C)(C)C)c1. The maximum absolute atomic E-state index is 11.1. The highest BCUT2D eigenvalue weighted by molar-refractivity contribution is 7.81. The molecule has 0 saturated heterocycles. The molecule has 0 atom stereocenters. The molecular formula is C32H50O2S. The molecule has 2 nitrogen and oxygen atoms in total. The maximum atomic E-state index is 11.1. The molecule has 196 valence electrons. The van der Waals surface area contributed by atoms with Crippen LogP contribution in [0, 0.1) is 0 Å². The summed E-state index contributed by atoms with van der Waals surface area (Å²) < 4.78 is -0.303. The van der Waals surface area contributed by atoms with E-state index in [9.17, 15) is 10.2 Å². The zero-order valence-corrected chi connectivity index (χ0v) is 25.5. The molecule has 0 aliphatic carbocycles. The molecule has 0 fully saturated rings. The Hall–Kier alpha value is -1.61. The summed E-state index contributed by atoms with van der Waals surface area (Å²) in [6, 6.07) is 8.65. The molecule has 0 aliphatic rings. The topological polar surface area (TPSA) is 40.5 Å². The molecule has 0 heterocycles. The lowest BCUT2D eigenvalue weighted by molar-refractivity contribution is 0.422. The van der Waals surface area contributed by atoms with E-state index in [4.69, 9.17) is 12.6 Å². The van der Waals surface area contributed by atoms with Crippen LogP contribution in [-0.4, -0.2) is 15.0 Å². The molecule has 0 unspecified atom stereocenters. The standard InChI is InChI=1S/C32H50O2S/c1-28(2,3)22-14-20(15-23(26(22)33)29(4,5)6)18-32(13,35)19-21-16-24(30(7,8)9)27(34)25(17-21)31(10,11)12/h14-17,33-35H,18-19H2,1-13H3. The van der Waals surface area contributed by atoms with Gasteiger partial charge in [-0.1, -0.05) is 114 Å². The van der Waals surface area contributed by atoms with Crippen LogP contribution in [-0.2, 0) is 34.5 Å². The third kappa shape index (κ3) is 7.21. The molecule has 0 aromatic heterocycles. The fourth-order valence-electron chi connectivity index (χ4n) is 4.82. The molecule has 0 aliphatic heterocycles. The number of aromatic hydroxyl groups is 2. The number of hydrogen-bond donors (Lipinski definition) is 3. The fourth-order valence-corrected chi connectivity index (χ4v) is 5.19. The molecule has 0 radical (unpaired) electrons. The Morgan fingerprint density at radius 3 is 0.857 bits per heavy atom. The van der Waals surface area contributed by atoms with Crippen molar-refractivity contribution in [2.45, 2.75) is 129 Å². The Balaban J connectivity index is 2.57. The van der Waals surface area contributed by atoms with Crippen molar-refractivity contribution in [1.82, 2.24) is 0 Å². The Morgan fingerprint density at radius 1 is 0.486 bits per heavy atom. The number of thiol groups is 1. The average molecular weight is 499 g/mol. The van der Waals surface area contributed by atoms with Gasteiger partial charge in [0.25, 0.3) is 0 Å². The lowest BCUT2D eigenvalue weighted by Crippen LogP contribution is -2.26. The van der Waals surface area contributed by atoms with E-state index in [2.05, 4.69) is 114 Å². The number of hydrogen-bond acceptors (Lipinski definition) is 3. The molecule has 3 heteroatoms. The predicted octanol–water partition coefficient (Wildman–Crippen LogP) is 8.76. The van der Waals surface area contributed by atoms with Crippen LogP contribution in [0.3, 0.4) is 0 Å². The second kappa shape index (κ2) is 9.36. The van der Waals surface area contributed by atoms with Crippen LogP contribution in [0.25, 0.3) is 0 Å². The minimum atomic E-state index is -0.303. The van der Waals surface area contributed by atoms with E-state index >= 15 is 0 Å². The maximum Gasteiger partial charge on any atom is 0.123 e. The van der Waals surface area contributed by atoms with E-state index in [1.807, 2.05) is 0 Å². The Morgan fingerprint density at radius 2 is 0.686 bits per heavy atom. The number of phenols is 2. The highest BCUT2D eigenvalue weighted by Crippen LogP contribution is 2.43. The first-order valence-corrected chi connectivity index (χ1v) is 13.3. The lowest BCUT2D eigenvalue weighted by atomic mass is 9.76. The summed E-state index contributed by atoms with van der Waals surface area (Å²) >= 11 is 5.16. The summed E-state index contributed by atoms with van der Waals surface area (Å²) in [7, 11) is 0. The van der Waals surface area contributed by atoms with Gasteiger partial charge in [-0.05, 0) is 67.9 Å². The predicted molar refractivity (Wildman–Crippen MR) is 156 cm³/mol. The number of rotatable bonds is 4. The average Bonchev–Trinajstić information content (AvgIpc) is 2.60. The molecule has 0 spiro atoms. The summed E-state index contributed by atoms with van der Waals surface area (Å²) in [5, 5.41) is 22.2. The van der Waals surface area contributed by atoms with E-state index in [0.29, 0.717) is 11.5 Å². The zero-order valence-electron chi connectivity index (χ0n) is 24.6. The van der Waals surface area contributed by atoms with Crippen molar-refractivity contribution in [1.29, 1.82) is 0 Å². The fraction of sp³-hybridized carbons (Fsp3) is 0.625. The van der Waals surface area contributed by atoms with Gasteiger partial charge in [0.05, 0.1) is 0 Å². The van der Waals surface area contributed by atoms with Crippen molar-refractivity contribution in [3.63, 3.8) is 0 Å².